The number of aldehydes is 1. The largest absolute Gasteiger partial charge is 0.350 e. The van der Waals surface area contributed by atoms with Gasteiger partial charge in [-0.15, -0.1) is 5.10 Å². The molecular weight excluding hydrogens is 313 g/mol. The van der Waals surface area contributed by atoms with Gasteiger partial charge in [-0.3, -0.25) is 14.6 Å². The number of rotatable bonds is 5. The van der Waals surface area contributed by atoms with Crippen molar-refractivity contribution in [1.82, 2.24) is 19.7 Å². The van der Waals surface area contributed by atoms with Gasteiger partial charge in [0.2, 0.25) is 12.2 Å². The van der Waals surface area contributed by atoms with Crippen molar-refractivity contribution < 1.29 is 14.0 Å². The SMILES string of the molecule is O=CC(=O)n1nc(-c2cccnc2)nc1NCc1ccc(F)cc1. The Morgan fingerprint density at radius 1 is 1.25 bits per heavy atom. The second-order valence-corrected chi connectivity index (χ2v) is 4.85. The smallest absolute Gasteiger partial charge is 0.314 e. The molecule has 1 N–H and O–H groups in total. The predicted octanol–water partition coefficient (Wildman–Crippen LogP) is 1.93. The molecule has 0 amide bonds. The number of nitrogens with zero attached hydrogens (tertiary/aromatic N) is 4. The second-order valence-electron chi connectivity index (χ2n) is 4.85. The van der Waals surface area contributed by atoms with E-state index in [1.165, 1.54) is 12.1 Å². The molecule has 0 saturated heterocycles. The summed E-state index contributed by atoms with van der Waals surface area (Å²) < 4.78 is 13.8. The molecule has 0 fully saturated rings. The topological polar surface area (TPSA) is 89.8 Å². The molecule has 3 aromatic rings. The highest BCUT2D eigenvalue weighted by Crippen LogP contribution is 2.17. The van der Waals surface area contributed by atoms with Crippen LogP contribution in [0.5, 0.6) is 0 Å². The van der Waals surface area contributed by atoms with Crippen molar-refractivity contribution in [3.63, 3.8) is 0 Å². The molecule has 1 aromatic carbocycles. The van der Waals surface area contributed by atoms with Crippen molar-refractivity contribution in [2.75, 3.05) is 5.32 Å². The molecule has 0 aliphatic heterocycles. The molecule has 0 atom stereocenters. The van der Waals surface area contributed by atoms with Crippen LogP contribution < -0.4 is 5.32 Å². The number of hydrogen-bond acceptors (Lipinski definition) is 6. The average Bonchev–Trinajstić information content (AvgIpc) is 3.05. The molecule has 0 radical (unpaired) electrons. The van der Waals surface area contributed by atoms with Crippen molar-refractivity contribution in [2.24, 2.45) is 0 Å². The highest BCUT2D eigenvalue weighted by atomic mass is 19.1. The van der Waals surface area contributed by atoms with E-state index in [2.05, 4.69) is 20.4 Å². The van der Waals surface area contributed by atoms with Crippen molar-refractivity contribution in [3.05, 3.63) is 60.2 Å². The van der Waals surface area contributed by atoms with E-state index >= 15 is 0 Å². The van der Waals surface area contributed by atoms with Gasteiger partial charge in [0, 0.05) is 24.5 Å². The average molecular weight is 325 g/mol. The van der Waals surface area contributed by atoms with Crippen LogP contribution in [-0.2, 0) is 11.3 Å². The van der Waals surface area contributed by atoms with E-state index in [-0.39, 0.29) is 30.4 Å². The highest BCUT2D eigenvalue weighted by molar-refractivity contribution is 6.25. The van der Waals surface area contributed by atoms with E-state index in [0.717, 1.165) is 10.2 Å². The third kappa shape index (κ3) is 3.32. The van der Waals surface area contributed by atoms with Crippen LogP contribution in [0.2, 0.25) is 0 Å². The first-order valence-electron chi connectivity index (χ1n) is 7.02. The van der Waals surface area contributed by atoms with Crippen LogP contribution >= 0.6 is 0 Å². The zero-order valence-corrected chi connectivity index (χ0v) is 12.4. The third-order valence-corrected chi connectivity index (χ3v) is 3.20. The summed E-state index contributed by atoms with van der Waals surface area (Å²) >= 11 is 0. The molecule has 7 nitrogen and oxygen atoms in total. The van der Waals surface area contributed by atoms with Gasteiger partial charge < -0.3 is 5.32 Å². The first-order chi connectivity index (χ1) is 11.7. The minimum absolute atomic E-state index is 0.121. The summed E-state index contributed by atoms with van der Waals surface area (Å²) in [5.74, 6) is -0.800. The van der Waals surface area contributed by atoms with Gasteiger partial charge in [0.05, 0.1) is 0 Å². The maximum absolute atomic E-state index is 12.9. The number of carbonyl (C=O) groups is 2. The third-order valence-electron chi connectivity index (χ3n) is 3.20. The Kier molecular flexibility index (Phi) is 4.37. The monoisotopic (exact) mass is 325 g/mol. The number of halogens is 1. The summed E-state index contributed by atoms with van der Waals surface area (Å²) in [5, 5.41) is 6.96. The predicted molar refractivity (Wildman–Crippen MR) is 83.7 cm³/mol. The van der Waals surface area contributed by atoms with Gasteiger partial charge >= 0.3 is 5.91 Å². The molecule has 0 unspecified atom stereocenters. The molecule has 0 aliphatic rings. The van der Waals surface area contributed by atoms with E-state index in [4.69, 9.17) is 0 Å². The molecule has 2 heterocycles. The Morgan fingerprint density at radius 2 is 2.04 bits per heavy atom. The summed E-state index contributed by atoms with van der Waals surface area (Å²) in [6.07, 6.45) is 3.31. The maximum Gasteiger partial charge on any atom is 0.314 e. The van der Waals surface area contributed by atoms with Crippen LogP contribution in [0.15, 0.2) is 48.8 Å². The lowest BCUT2D eigenvalue weighted by molar-refractivity contribution is -0.105. The van der Waals surface area contributed by atoms with Gasteiger partial charge in [-0.05, 0) is 29.8 Å². The van der Waals surface area contributed by atoms with E-state index in [0.29, 0.717) is 5.56 Å². The highest BCUT2D eigenvalue weighted by Gasteiger charge is 2.16. The standard InChI is InChI=1S/C16H12FN5O2/c17-13-5-3-11(4-6-13)8-19-16-20-15(12-2-1-7-18-9-12)21-22(16)14(24)10-23/h1-7,9-10H,8H2,(H,19,20,21). The zero-order chi connectivity index (χ0) is 16.9. The molecule has 2 aromatic heterocycles. The molecular formula is C16H12FN5O2. The lowest BCUT2D eigenvalue weighted by Crippen LogP contribution is -2.17. The van der Waals surface area contributed by atoms with Crippen LogP contribution in [0.25, 0.3) is 11.4 Å². The van der Waals surface area contributed by atoms with Gasteiger partial charge in [0.25, 0.3) is 0 Å². The zero-order valence-electron chi connectivity index (χ0n) is 12.4. The Morgan fingerprint density at radius 3 is 2.71 bits per heavy atom. The van der Waals surface area contributed by atoms with Gasteiger partial charge in [-0.25, -0.2) is 4.39 Å². The van der Waals surface area contributed by atoms with Crippen LogP contribution in [0, 0.1) is 5.82 Å². The number of anilines is 1. The Bertz CT molecular complexity index is 862. The van der Waals surface area contributed by atoms with Gasteiger partial charge in [-0.2, -0.15) is 9.67 Å². The quantitative estimate of drug-likeness (QED) is 0.569. The number of aromatic nitrogens is 4. The first-order valence-corrected chi connectivity index (χ1v) is 7.02. The van der Waals surface area contributed by atoms with E-state index in [9.17, 15) is 14.0 Å². The van der Waals surface area contributed by atoms with Crippen molar-refractivity contribution in [1.29, 1.82) is 0 Å². The van der Waals surface area contributed by atoms with E-state index < -0.39 is 5.91 Å². The van der Waals surface area contributed by atoms with Crippen LogP contribution in [0.4, 0.5) is 10.3 Å². The molecule has 0 bridgehead atoms. The summed E-state index contributed by atoms with van der Waals surface area (Å²) in [6, 6.07) is 9.32. The fraction of sp³-hybridized carbons (Fsp3) is 0.0625. The van der Waals surface area contributed by atoms with Crippen molar-refractivity contribution >= 4 is 18.1 Å². The molecule has 3 rings (SSSR count). The van der Waals surface area contributed by atoms with Crippen LogP contribution in [0.1, 0.15) is 10.4 Å². The Hall–Kier alpha value is -3.42. The molecule has 24 heavy (non-hydrogen) atoms. The molecule has 120 valence electrons. The summed E-state index contributed by atoms with van der Waals surface area (Å²) in [5.41, 5.74) is 1.40. The van der Waals surface area contributed by atoms with Crippen molar-refractivity contribution in [3.8, 4) is 11.4 Å². The number of nitrogens with one attached hydrogen (secondary N) is 1. The lowest BCUT2D eigenvalue weighted by Gasteiger charge is -2.05. The first kappa shape index (κ1) is 15.5. The summed E-state index contributed by atoms with van der Waals surface area (Å²) in [7, 11) is 0. The van der Waals surface area contributed by atoms with Crippen molar-refractivity contribution in [2.45, 2.75) is 6.54 Å². The summed E-state index contributed by atoms with van der Waals surface area (Å²) in [4.78, 5) is 30.7. The summed E-state index contributed by atoms with van der Waals surface area (Å²) in [6.45, 7) is 0.289. The van der Waals surface area contributed by atoms with Crippen LogP contribution in [0.3, 0.4) is 0 Å². The van der Waals surface area contributed by atoms with E-state index in [1.807, 2.05) is 0 Å². The normalized spacial score (nSPS) is 10.4. The maximum atomic E-state index is 12.9. The number of hydrogen-bond donors (Lipinski definition) is 1. The van der Waals surface area contributed by atoms with E-state index in [1.54, 1.807) is 36.7 Å². The van der Waals surface area contributed by atoms with Gasteiger partial charge in [0.15, 0.2) is 5.82 Å². The Labute approximate surface area is 136 Å². The fourth-order valence-electron chi connectivity index (χ4n) is 2.03. The van der Waals surface area contributed by atoms with Gasteiger partial charge in [0.1, 0.15) is 5.82 Å². The Balaban J connectivity index is 1.87. The van der Waals surface area contributed by atoms with Gasteiger partial charge in [-0.1, -0.05) is 12.1 Å². The lowest BCUT2D eigenvalue weighted by atomic mass is 10.2. The number of pyridine rings is 1. The fourth-order valence-corrected chi connectivity index (χ4v) is 2.03. The number of carbonyl (C=O) groups excluding carboxylic acids is 2. The molecule has 0 saturated carbocycles. The molecule has 0 aliphatic carbocycles. The second kappa shape index (κ2) is 6.78. The minimum atomic E-state index is -0.848. The van der Waals surface area contributed by atoms with Crippen LogP contribution in [-0.4, -0.2) is 31.9 Å². The minimum Gasteiger partial charge on any atom is -0.350 e. The number of benzene rings is 1. The molecule has 8 heteroatoms. The molecule has 0 spiro atoms.